The van der Waals surface area contributed by atoms with Crippen LogP contribution >= 0.6 is 11.3 Å². The van der Waals surface area contributed by atoms with Gasteiger partial charge in [0.15, 0.2) is 5.13 Å². The molecule has 136 valence electrons. The summed E-state index contributed by atoms with van der Waals surface area (Å²) in [7, 11) is 0. The van der Waals surface area contributed by atoms with Crippen molar-refractivity contribution in [1.82, 2.24) is 4.98 Å². The van der Waals surface area contributed by atoms with E-state index in [1.807, 2.05) is 17.0 Å². The molecule has 5 heteroatoms. The maximum atomic E-state index is 13.3. The van der Waals surface area contributed by atoms with Crippen LogP contribution in [-0.2, 0) is 11.3 Å². The second-order valence-electron chi connectivity index (χ2n) is 7.21. The van der Waals surface area contributed by atoms with Crippen molar-refractivity contribution in [2.75, 3.05) is 4.90 Å². The molecule has 0 bridgehead atoms. The first-order valence-corrected chi connectivity index (χ1v) is 10.2. The van der Waals surface area contributed by atoms with Crippen molar-refractivity contribution in [2.45, 2.75) is 52.5 Å². The van der Waals surface area contributed by atoms with E-state index >= 15 is 0 Å². The van der Waals surface area contributed by atoms with Gasteiger partial charge >= 0.3 is 0 Å². The smallest absolute Gasteiger partial charge is 0.232 e. The van der Waals surface area contributed by atoms with E-state index in [4.69, 9.17) is 9.40 Å². The number of nitrogens with zero attached hydrogens (tertiary/aromatic N) is 2. The number of aryl methyl sites for hydroxylation is 2. The number of thiazole rings is 1. The van der Waals surface area contributed by atoms with Gasteiger partial charge in [-0.15, -0.1) is 0 Å². The van der Waals surface area contributed by atoms with Crippen molar-refractivity contribution in [3.63, 3.8) is 0 Å². The Kier molecular flexibility index (Phi) is 4.81. The Morgan fingerprint density at radius 1 is 1.19 bits per heavy atom. The van der Waals surface area contributed by atoms with Crippen LogP contribution in [-0.4, -0.2) is 10.9 Å². The highest BCUT2D eigenvalue weighted by atomic mass is 32.1. The van der Waals surface area contributed by atoms with Crippen molar-refractivity contribution in [3.8, 4) is 0 Å². The number of benzene rings is 1. The molecule has 3 aromatic rings. The summed E-state index contributed by atoms with van der Waals surface area (Å²) in [6, 6.07) is 8.01. The lowest BCUT2D eigenvalue weighted by Gasteiger charge is -2.27. The lowest BCUT2D eigenvalue weighted by molar-refractivity contribution is -0.123. The molecule has 0 radical (unpaired) electrons. The minimum absolute atomic E-state index is 0.105. The zero-order valence-corrected chi connectivity index (χ0v) is 16.1. The molecule has 1 saturated carbocycles. The predicted octanol–water partition coefficient (Wildman–Crippen LogP) is 5.62. The average Bonchev–Trinajstić information content (AvgIpc) is 3.33. The molecule has 0 unspecified atom stereocenters. The number of hydrogen-bond donors (Lipinski definition) is 0. The summed E-state index contributed by atoms with van der Waals surface area (Å²) >= 11 is 1.61. The Morgan fingerprint density at radius 3 is 2.65 bits per heavy atom. The molecule has 0 saturated heterocycles. The van der Waals surface area contributed by atoms with Gasteiger partial charge < -0.3 is 4.42 Å². The van der Waals surface area contributed by atoms with E-state index in [2.05, 4.69) is 26.0 Å². The molecule has 1 amide bonds. The third-order valence-electron chi connectivity index (χ3n) is 5.28. The average molecular weight is 369 g/mol. The quantitative estimate of drug-likeness (QED) is 0.600. The number of carbonyl (C=O) groups is 1. The molecule has 1 aromatic carbocycles. The Hall–Kier alpha value is -2.14. The van der Waals surface area contributed by atoms with Crippen molar-refractivity contribution in [1.29, 1.82) is 0 Å². The normalized spacial score (nSPS) is 15.5. The third-order valence-corrected chi connectivity index (χ3v) is 6.49. The van der Waals surface area contributed by atoms with Gasteiger partial charge in [0.05, 0.1) is 23.0 Å². The molecular weight excluding hydrogens is 344 g/mol. The first-order chi connectivity index (χ1) is 12.6. The molecule has 1 fully saturated rings. The Balaban J connectivity index is 1.73. The highest BCUT2D eigenvalue weighted by Gasteiger charge is 2.29. The van der Waals surface area contributed by atoms with Gasteiger partial charge in [-0.1, -0.05) is 42.7 Å². The van der Waals surface area contributed by atoms with E-state index in [-0.39, 0.29) is 11.8 Å². The topological polar surface area (TPSA) is 46.3 Å². The fourth-order valence-electron chi connectivity index (χ4n) is 3.73. The summed E-state index contributed by atoms with van der Waals surface area (Å²) in [4.78, 5) is 20.0. The van der Waals surface area contributed by atoms with Crippen molar-refractivity contribution in [2.24, 2.45) is 5.92 Å². The fraction of sp³-hybridized carbons (Fsp3) is 0.429. The number of amides is 1. The fourth-order valence-corrected chi connectivity index (χ4v) is 4.85. The van der Waals surface area contributed by atoms with Gasteiger partial charge in [-0.05, 0) is 49.9 Å². The molecule has 1 aliphatic carbocycles. The molecule has 0 aliphatic heterocycles. The maximum absolute atomic E-state index is 13.3. The number of furan rings is 1. The zero-order chi connectivity index (χ0) is 18.1. The Labute approximate surface area is 157 Å². The van der Waals surface area contributed by atoms with E-state index in [1.54, 1.807) is 17.6 Å². The molecule has 0 N–H and O–H groups in total. The number of hydrogen-bond acceptors (Lipinski definition) is 4. The van der Waals surface area contributed by atoms with E-state index in [9.17, 15) is 4.79 Å². The van der Waals surface area contributed by atoms with E-state index in [0.717, 1.165) is 47.7 Å². The van der Waals surface area contributed by atoms with Gasteiger partial charge in [0.25, 0.3) is 0 Å². The van der Waals surface area contributed by atoms with Crippen LogP contribution in [0.15, 0.2) is 34.9 Å². The number of anilines is 1. The standard InChI is InChI=1S/C21H24N2O2S/c1-14-10-11-15(2)19-18(14)22-21(26-19)23(13-17-9-6-12-25-17)20(24)16-7-4-3-5-8-16/h6,9-12,16H,3-5,7-8,13H2,1-2H3. The minimum Gasteiger partial charge on any atom is -0.467 e. The largest absolute Gasteiger partial charge is 0.467 e. The number of fused-ring (bicyclic) bond motifs is 1. The van der Waals surface area contributed by atoms with Crippen LogP contribution < -0.4 is 4.90 Å². The molecule has 0 atom stereocenters. The number of aromatic nitrogens is 1. The molecule has 1 aliphatic rings. The summed E-state index contributed by atoms with van der Waals surface area (Å²) in [5, 5.41) is 0.782. The summed E-state index contributed by atoms with van der Waals surface area (Å²) < 4.78 is 6.69. The van der Waals surface area contributed by atoms with Crippen molar-refractivity contribution < 1.29 is 9.21 Å². The molecule has 0 spiro atoms. The van der Waals surface area contributed by atoms with Gasteiger partial charge in [-0.25, -0.2) is 4.98 Å². The maximum Gasteiger partial charge on any atom is 0.232 e. The number of rotatable bonds is 4. The van der Waals surface area contributed by atoms with Gasteiger partial charge in [-0.3, -0.25) is 9.69 Å². The van der Waals surface area contributed by atoms with E-state index in [1.165, 1.54) is 16.7 Å². The summed E-state index contributed by atoms with van der Waals surface area (Å²) in [5.41, 5.74) is 3.36. The summed E-state index contributed by atoms with van der Waals surface area (Å²) in [6.45, 7) is 4.62. The molecular formula is C21H24N2O2S. The van der Waals surface area contributed by atoms with Gasteiger partial charge in [0.1, 0.15) is 5.76 Å². The van der Waals surface area contributed by atoms with Crippen molar-refractivity contribution >= 4 is 32.6 Å². The minimum atomic E-state index is 0.105. The van der Waals surface area contributed by atoms with Gasteiger partial charge in [0, 0.05) is 5.92 Å². The van der Waals surface area contributed by atoms with Crippen LogP contribution in [0, 0.1) is 19.8 Å². The van der Waals surface area contributed by atoms with Crippen LogP contribution in [0.2, 0.25) is 0 Å². The lowest BCUT2D eigenvalue weighted by atomic mass is 9.88. The zero-order valence-electron chi connectivity index (χ0n) is 15.3. The van der Waals surface area contributed by atoms with Gasteiger partial charge in [0.2, 0.25) is 5.91 Å². The lowest BCUT2D eigenvalue weighted by Crippen LogP contribution is -2.36. The summed E-state index contributed by atoms with van der Waals surface area (Å²) in [5.74, 6) is 1.09. The van der Waals surface area contributed by atoms with Crippen molar-refractivity contribution in [3.05, 3.63) is 47.4 Å². The second-order valence-corrected chi connectivity index (χ2v) is 8.19. The first-order valence-electron chi connectivity index (χ1n) is 9.34. The molecule has 26 heavy (non-hydrogen) atoms. The molecule has 2 aromatic heterocycles. The highest BCUT2D eigenvalue weighted by molar-refractivity contribution is 7.22. The van der Waals surface area contributed by atoms with Gasteiger partial charge in [-0.2, -0.15) is 0 Å². The van der Waals surface area contributed by atoms with Crippen LogP contribution in [0.4, 0.5) is 5.13 Å². The number of carbonyl (C=O) groups excluding carboxylic acids is 1. The van der Waals surface area contributed by atoms with E-state index in [0.29, 0.717) is 6.54 Å². The molecule has 2 heterocycles. The first kappa shape index (κ1) is 17.3. The monoisotopic (exact) mass is 368 g/mol. The van der Waals surface area contributed by atoms with E-state index < -0.39 is 0 Å². The summed E-state index contributed by atoms with van der Waals surface area (Å²) in [6.07, 6.45) is 7.14. The highest BCUT2D eigenvalue weighted by Crippen LogP contribution is 2.36. The Bertz CT molecular complexity index is 869. The van der Waals surface area contributed by atoms with Crippen LogP contribution in [0.1, 0.15) is 49.0 Å². The molecule has 4 rings (SSSR count). The van der Waals surface area contributed by atoms with Crippen LogP contribution in [0.3, 0.4) is 0 Å². The Morgan fingerprint density at radius 2 is 1.96 bits per heavy atom. The molecule has 4 nitrogen and oxygen atoms in total. The predicted molar refractivity (Wildman–Crippen MR) is 106 cm³/mol. The SMILES string of the molecule is Cc1ccc(C)c2sc(N(Cc3ccco3)C(=O)C3CCCCC3)nc12. The van der Waals surface area contributed by atoms with Crippen LogP contribution in [0.5, 0.6) is 0 Å². The van der Waals surface area contributed by atoms with Crippen LogP contribution in [0.25, 0.3) is 10.2 Å². The third kappa shape index (κ3) is 3.28. The second kappa shape index (κ2) is 7.23.